The van der Waals surface area contributed by atoms with E-state index >= 15 is 0 Å². The smallest absolute Gasteiger partial charge is 0.262 e. The number of carbonyl (C=O) groups is 1. The highest BCUT2D eigenvalue weighted by Gasteiger charge is 2.21. The van der Waals surface area contributed by atoms with E-state index in [0.29, 0.717) is 35.6 Å². The van der Waals surface area contributed by atoms with Gasteiger partial charge in [0.2, 0.25) is 5.91 Å². The van der Waals surface area contributed by atoms with Crippen molar-refractivity contribution in [2.75, 3.05) is 13.7 Å². The minimum absolute atomic E-state index is 0.128. The molecule has 1 aromatic heterocycles. The van der Waals surface area contributed by atoms with Crippen LogP contribution in [0.1, 0.15) is 31.9 Å². The third-order valence-corrected chi connectivity index (χ3v) is 6.03. The molecule has 0 aliphatic rings. The van der Waals surface area contributed by atoms with E-state index in [2.05, 4.69) is 10.3 Å². The van der Waals surface area contributed by atoms with Gasteiger partial charge in [-0.05, 0) is 50.1 Å². The van der Waals surface area contributed by atoms with Gasteiger partial charge in [-0.3, -0.25) is 14.2 Å². The Kier molecular flexibility index (Phi) is 7.81. The molecule has 0 radical (unpaired) electrons. The summed E-state index contributed by atoms with van der Waals surface area (Å²) in [5, 5.41) is 3.50. The number of fused-ring (bicyclic) bond motifs is 1. The number of hydrogen-bond acceptors (Lipinski definition) is 5. The molecule has 3 aromatic rings. The molecule has 1 N–H and O–H groups in total. The van der Waals surface area contributed by atoms with Crippen LogP contribution in [-0.2, 0) is 16.1 Å². The van der Waals surface area contributed by atoms with E-state index in [-0.39, 0.29) is 23.3 Å². The monoisotopic (exact) mass is 443 g/mol. The predicted molar refractivity (Wildman–Crippen MR) is 121 cm³/mol. The van der Waals surface area contributed by atoms with Gasteiger partial charge in [-0.1, -0.05) is 36.0 Å². The second kappa shape index (κ2) is 10.5. The Labute approximate surface area is 184 Å². The zero-order chi connectivity index (χ0) is 22.4. The Bertz CT molecular complexity index is 1100. The molecule has 6 nitrogen and oxygen atoms in total. The lowest BCUT2D eigenvalue weighted by Gasteiger charge is -2.19. The fourth-order valence-electron chi connectivity index (χ4n) is 3.18. The number of nitrogens with one attached hydrogen (secondary N) is 1. The molecular formula is C23H26FN3O3S. The Morgan fingerprint density at radius 1 is 1.19 bits per heavy atom. The second-order valence-corrected chi connectivity index (χ2v) is 8.56. The predicted octanol–water partition coefficient (Wildman–Crippen LogP) is 3.93. The fraction of sp³-hybridized carbons (Fsp3) is 0.348. The van der Waals surface area contributed by atoms with Crippen molar-refractivity contribution in [1.29, 1.82) is 0 Å². The first-order chi connectivity index (χ1) is 14.9. The van der Waals surface area contributed by atoms with Crippen LogP contribution in [-0.4, -0.2) is 34.4 Å². The average Bonchev–Trinajstić information content (AvgIpc) is 2.76. The molecule has 1 amide bonds. The quantitative estimate of drug-likeness (QED) is 0.308. The minimum atomic E-state index is -0.482. The SMILES string of the molecule is COCCCn1c(SC(C)C(=O)NC(C)c2ccc(F)cc2)nc2ccccc2c1=O. The number of benzene rings is 2. The first kappa shape index (κ1) is 23.0. The molecule has 2 aromatic carbocycles. The highest BCUT2D eigenvalue weighted by atomic mass is 32.2. The average molecular weight is 444 g/mol. The molecule has 0 aliphatic carbocycles. The van der Waals surface area contributed by atoms with Gasteiger partial charge in [-0.2, -0.15) is 0 Å². The van der Waals surface area contributed by atoms with Crippen LogP contribution in [0.5, 0.6) is 0 Å². The molecule has 164 valence electrons. The number of rotatable bonds is 9. The van der Waals surface area contributed by atoms with Crippen LogP contribution in [0.2, 0.25) is 0 Å². The van der Waals surface area contributed by atoms with E-state index < -0.39 is 5.25 Å². The van der Waals surface area contributed by atoms with Gasteiger partial charge in [0.05, 0.1) is 22.2 Å². The summed E-state index contributed by atoms with van der Waals surface area (Å²) in [5.41, 5.74) is 1.29. The van der Waals surface area contributed by atoms with E-state index in [1.54, 1.807) is 42.9 Å². The number of para-hydroxylation sites is 1. The van der Waals surface area contributed by atoms with Crippen LogP contribution >= 0.6 is 11.8 Å². The van der Waals surface area contributed by atoms with Crippen molar-refractivity contribution in [3.05, 3.63) is 70.3 Å². The zero-order valence-corrected chi connectivity index (χ0v) is 18.6. The van der Waals surface area contributed by atoms with Crippen molar-refractivity contribution in [2.24, 2.45) is 0 Å². The van der Waals surface area contributed by atoms with Crippen LogP contribution in [0.4, 0.5) is 4.39 Å². The third-order valence-electron chi connectivity index (χ3n) is 4.94. The molecule has 0 saturated heterocycles. The molecule has 0 spiro atoms. The standard InChI is InChI=1S/C23H26FN3O3S/c1-15(17-9-11-18(24)12-10-17)25-21(28)16(2)31-23-26-20-8-5-4-7-19(20)22(29)27(23)13-6-14-30-3/h4-5,7-12,15-16H,6,13-14H2,1-3H3,(H,25,28). The van der Waals surface area contributed by atoms with Gasteiger partial charge in [0.25, 0.3) is 5.56 Å². The largest absolute Gasteiger partial charge is 0.385 e. The number of ether oxygens (including phenoxy) is 1. The van der Waals surface area contributed by atoms with E-state index in [1.807, 2.05) is 19.1 Å². The topological polar surface area (TPSA) is 73.2 Å². The van der Waals surface area contributed by atoms with Crippen LogP contribution < -0.4 is 10.9 Å². The second-order valence-electron chi connectivity index (χ2n) is 7.26. The number of carbonyl (C=O) groups excluding carboxylic acids is 1. The van der Waals surface area contributed by atoms with Crippen LogP contribution in [0.25, 0.3) is 10.9 Å². The summed E-state index contributed by atoms with van der Waals surface area (Å²) in [4.78, 5) is 30.4. The summed E-state index contributed by atoms with van der Waals surface area (Å²) in [5.74, 6) is -0.507. The van der Waals surface area contributed by atoms with Crippen LogP contribution in [0, 0.1) is 5.82 Å². The van der Waals surface area contributed by atoms with Crippen molar-refractivity contribution in [3.8, 4) is 0 Å². The zero-order valence-electron chi connectivity index (χ0n) is 17.8. The molecule has 0 aliphatic heterocycles. The number of aromatic nitrogens is 2. The summed E-state index contributed by atoms with van der Waals surface area (Å²) >= 11 is 1.24. The molecule has 8 heteroatoms. The maximum Gasteiger partial charge on any atom is 0.262 e. The highest BCUT2D eigenvalue weighted by molar-refractivity contribution is 8.00. The molecule has 0 saturated carbocycles. The minimum Gasteiger partial charge on any atom is -0.385 e. The summed E-state index contributed by atoms with van der Waals surface area (Å²) in [6, 6.07) is 13.0. The molecule has 31 heavy (non-hydrogen) atoms. The van der Waals surface area contributed by atoms with Gasteiger partial charge in [-0.15, -0.1) is 0 Å². The maximum atomic E-state index is 13.1. The summed E-state index contributed by atoms with van der Waals surface area (Å²) in [6.45, 7) is 4.59. The van der Waals surface area contributed by atoms with Crippen molar-refractivity contribution in [2.45, 2.75) is 43.3 Å². The van der Waals surface area contributed by atoms with Gasteiger partial charge in [0.15, 0.2) is 5.16 Å². The number of halogens is 1. The number of methoxy groups -OCH3 is 1. The first-order valence-corrected chi connectivity index (χ1v) is 11.0. The van der Waals surface area contributed by atoms with Gasteiger partial charge < -0.3 is 10.1 Å². The number of hydrogen-bond donors (Lipinski definition) is 1. The highest BCUT2D eigenvalue weighted by Crippen LogP contribution is 2.24. The Morgan fingerprint density at radius 2 is 1.90 bits per heavy atom. The molecule has 3 rings (SSSR count). The molecule has 2 unspecified atom stereocenters. The van der Waals surface area contributed by atoms with Gasteiger partial charge in [-0.25, -0.2) is 9.37 Å². The van der Waals surface area contributed by atoms with Crippen LogP contribution in [0.3, 0.4) is 0 Å². The Balaban J connectivity index is 1.80. The third kappa shape index (κ3) is 5.71. The van der Waals surface area contributed by atoms with Crippen molar-refractivity contribution < 1.29 is 13.9 Å². The molecular weight excluding hydrogens is 417 g/mol. The molecule has 1 heterocycles. The van der Waals surface area contributed by atoms with Gasteiger partial charge in [0.1, 0.15) is 5.82 Å². The van der Waals surface area contributed by atoms with Gasteiger partial charge in [0, 0.05) is 20.3 Å². The summed E-state index contributed by atoms with van der Waals surface area (Å²) in [6.07, 6.45) is 0.659. The van der Waals surface area contributed by atoms with Crippen molar-refractivity contribution >= 4 is 28.6 Å². The van der Waals surface area contributed by atoms with Gasteiger partial charge >= 0.3 is 0 Å². The summed E-state index contributed by atoms with van der Waals surface area (Å²) < 4.78 is 19.9. The lowest BCUT2D eigenvalue weighted by Crippen LogP contribution is -2.34. The fourth-order valence-corrected chi connectivity index (χ4v) is 4.12. The maximum absolute atomic E-state index is 13.1. The normalized spacial score (nSPS) is 13.2. The number of nitrogens with zero attached hydrogens (tertiary/aromatic N) is 2. The first-order valence-electron chi connectivity index (χ1n) is 10.1. The van der Waals surface area contributed by atoms with Crippen LogP contribution in [0.15, 0.2) is 58.5 Å². The van der Waals surface area contributed by atoms with Crippen molar-refractivity contribution in [1.82, 2.24) is 14.9 Å². The molecule has 2 atom stereocenters. The molecule has 0 bridgehead atoms. The van der Waals surface area contributed by atoms with E-state index in [1.165, 1.54) is 23.9 Å². The number of thioether (sulfide) groups is 1. The Morgan fingerprint density at radius 3 is 2.61 bits per heavy atom. The number of amides is 1. The summed E-state index contributed by atoms with van der Waals surface area (Å²) in [7, 11) is 1.62. The van der Waals surface area contributed by atoms with E-state index in [4.69, 9.17) is 4.74 Å². The lowest BCUT2D eigenvalue weighted by atomic mass is 10.1. The Hall–Kier alpha value is -2.71. The van der Waals surface area contributed by atoms with E-state index in [0.717, 1.165) is 5.56 Å². The van der Waals surface area contributed by atoms with E-state index in [9.17, 15) is 14.0 Å². The lowest BCUT2D eigenvalue weighted by molar-refractivity contribution is -0.120. The van der Waals surface area contributed by atoms with Crippen molar-refractivity contribution in [3.63, 3.8) is 0 Å². The molecule has 0 fully saturated rings.